The number of ether oxygens (including phenoxy) is 2. The fourth-order valence-corrected chi connectivity index (χ4v) is 5.45. The molecule has 35 heavy (non-hydrogen) atoms. The highest BCUT2D eigenvalue weighted by Gasteiger charge is 2.31. The molecule has 3 heterocycles. The zero-order valence-electron chi connectivity index (χ0n) is 20.0. The molecule has 5 rings (SSSR count). The first-order valence-corrected chi connectivity index (χ1v) is 12.3. The number of carbonyl (C=O) groups is 1. The van der Waals surface area contributed by atoms with Gasteiger partial charge >= 0.3 is 11.6 Å². The Morgan fingerprint density at radius 2 is 1.94 bits per heavy atom. The highest BCUT2D eigenvalue weighted by atomic mass is 35.5. The molecule has 1 saturated heterocycles. The number of methoxy groups -OCH3 is 1. The summed E-state index contributed by atoms with van der Waals surface area (Å²) >= 11 is 6.59. The Labute approximate surface area is 209 Å². The molecule has 0 saturated carbocycles. The first-order chi connectivity index (χ1) is 16.9. The molecule has 0 unspecified atom stereocenters. The van der Waals surface area contributed by atoms with Crippen LogP contribution < -0.4 is 10.4 Å². The van der Waals surface area contributed by atoms with Crippen molar-refractivity contribution >= 4 is 28.5 Å². The Hall–Kier alpha value is -2.87. The van der Waals surface area contributed by atoms with Crippen molar-refractivity contribution < 1.29 is 18.7 Å². The number of hydrogen-bond donors (Lipinski definition) is 0. The number of benzene rings is 2. The number of fused-ring (bicyclic) bond motifs is 3. The van der Waals surface area contributed by atoms with Gasteiger partial charge in [-0.3, -0.25) is 14.6 Å². The van der Waals surface area contributed by atoms with E-state index in [0.29, 0.717) is 46.8 Å². The van der Waals surface area contributed by atoms with Gasteiger partial charge in [0, 0.05) is 24.5 Å². The Kier molecular flexibility index (Phi) is 6.82. The van der Waals surface area contributed by atoms with E-state index < -0.39 is 11.6 Å². The molecule has 0 spiro atoms. The number of rotatable bonds is 5. The van der Waals surface area contributed by atoms with Gasteiger partial charge in [-0.1, -0.05) is 41.9 Å². The van der Waals surface area contributed by atoms with Crippen LogP contribution >= 0.6 is 11.6 Å². The molecule has 0 aliphatic carbocycles. The normalized spacial score (nSPS) is 17.2. The zero-order valence-corrected chi connectivity index (χ0v) is 20.8. The van der Waals surface area contributed by atoms with Gasteiger partial charge in [-0.2, -0.15) is 0 Å². The Morgan fingerprint density at radius 3 is 2.66 bits per heavy atom. The Bertz CT molecular complexity index is 1300. The van der Waals surface area contributed by atoms with Gasteiger partial charge < -0.3 is 13.9 Å². The molecule has 1 aromatic heterocycles. The molecule has 1 fully saturated rings. The molecule has 2 aliphatic heterocycles. The summed E-state index contributed by atoms with van der Waals surface area (Å²) in [5.74, 6) is 0.0807. The third-order valence-corrected chi connectivity index (χ3v) is 7.47. The van der Waals surface area contributed by atoms with E-state index in [9.17, 15) is 9.59 Å². The van der Waals surface area contributed by atoms with Crippen LogP contribution in [-0.4, -0.2) is 48.7 Å². The summed E-state index contributed by atoms with van der Waals surface area (Å²) in [4.78, 5) is 29.4. The minimum atomic E-state index is -0.531. The van der Waals surface area contributed by atoms with Crippen LogP contribution in [0.1, 0.15) is 35.1 Å². The van der Waals surface area contributed by atoms with E-state index in [1.807, 2.05) is 13.0 Å². The van der Waals surface area contributed by atoms with Crippen LogP contribution in [0.15, 0.2) is 45.6 Å². The number of esters is 1. The fraction of sp³-hybridized carbons (Fsp3) is 0.407. The standard InChI is InChI=1S/C27H29ClN2O5/c1-17-20-12-23(28)26-22(25(20)35-27(32)21(17)13-24(31)33-2)15-30(16-34-26)19-8-10-29(11-9-19)14-18-6-4-3-5-7-18/h3-7,12,19H,8-11,13-16H2,1-2H3. The van der Waals surface area contributed by atoms with Gasteiger partial charge in [-0.15, -0.1) is 0 Å². The highest BCUT2D eigenvalue weighted by molar-refractivity contribution is 6.33. The van der Waals surface area contributed by atoms with Gasteiger partial charge in [0.15, 0.2) is 0 Å². The number of piperidine rings is 1. The molecule has 0 radical (unpaired) electrons. The summed E-state index contributed by atoms with van der Waals surface area (Å²) in [6.07, 6.45) is 1.94. The second-order valence-electron chi connectivity index (χ2n) is 9.30. The average molecular weight is 497 g/mol. The van der Waals surface area contributed by atoms with Gasteiger partial charge in [0.2, 0.25) is 0 Å². The maximum atomic E-state index is 12.8. The van der Waals surface area contributed by atoms with Crippen molar-refractivity contribution in [1.29, 1.82) is 0 Å². The van der Waals surface area contributed by atoms with Gasteiger partial charge in [-0.05, 0) is 50.0 Å². The first-order valence-electron chi connectivity index (χ1n) is 11.9. The number of nitrogens with zero attached hydrogens (tertiary/aromatic N) is 2. The summed E-state index contributed by atoms with van der Waals surface area (Å²) < 4.78 is 16.6. The lowest BCUT2D eigenvalue weighted by Crippen LogP contribution is -2.47. The molecule has 7 nitrogen and oxygen atoms in total. The van der Waals surface area contributed by atoms with Gasteiger partial charge in [0.25, 0.3) is 0 Å². The molecule has 0 amide bonds. The van der Waals surface area contributed by atoms with Crippen molar-refractivity contribution in [2.45, 2.75) is 45.3 Å². The van der Waals surface area contributed by atoms with Crippen LogP contribution in [-0.2, 0) is 29.0 Å². The molecule has 0 N–H and O–H groups in total. The lowest BCUT2D eigenvalue weighted by atomic mass is 9.98. The van der Waals surface area contributed by atoms with E-state index in [1.165, 1.54) is 12.7 Å². The average Bonchev–Trinajstić information content (AvgIpc) is 2.88. The van der Waals surface area contributed by atoms with E-state index in [1.54, 1.807) is 6.07 Å². The highest BCUT2D eigenvalue weighted by Crippen LogP contribution is 2.40. The summed E-state index contributed by atoms with van der Waals surface area (Å²) in [6.45, 7) is 5.85. The Balaban J connectivity index is 1.37. The maximum absolute atomic E-state index is 12.8. The lowest BCUT2D eigenvalue weighted by molar-refractivity contribution is -0.139. The smallest absolute Gasteiger partial charge is 0.340 e. The monoisotopic (exact) mass is 496 g/mol. The fourth-order valence-electron chi connectivity index (χ4n) is 5.17. The van der Waals surface area contributed by atoms with Crippen molar-refractivity contribution in [2.24, 2.45) is 0 Å². The number of halogens is 1. The predicted octanol–water partition coefficient (Wildman–Crippen LogP) is 4.29. The van der Waals surface area contributed by atoms with Crippen LogP contribution in [0.2, 0.25) is 5.02 Å². The third-order valence-electron chi connectivity index (χ3n) is 7.19. The van der Waals surface area contributed by atoms with Crippen LogP contribution in [0.4, 0.5) is 0 Å². The maximum Gasteiger partial charge on any atom is 0.340 e. The Morgan fingerprint density at radius 1 is 1.20 bits per heavy atom. The number of aryl methyl sites for hydroxylation is 1. The quantitative estimate of drug-likeness (QED) is 0.385. The summed E-state index contributed by atoms with van der Waals surface area (Å²) in [5.41, 5.74) is 3.04. The predicted molar refractivity (Wildman–Crippen MR) is 134 cm³/mol. The largest absolute Gasteiger partial charge is 0.476 e. The van der Waals surface area contributed by atoms with E-state index in [-0.39, 0.29) is 6.42 Å². The SMILES string of the molecule is COC(=O)Cc1c(C)c2cc(Cl)c3c(c2oc1=O)CN(C1CCN(Cc2ccccc2)CC1)CO3. The molecular formula is C27H29ClN2O5. The van der Waals surface area contributed by atoms with Crippen LogP contribution in [0, 0.1) is 6.92 Å². The lowest BCUT2D eigenvalue weighted by Gasteiger charge is -2.40. The third kappa shape index (κ3) is 4.81. The van der Waals surface area contributed by atoms with E-state index in [2.05, 4.69) is 34.1 Å². The van der Waals surface area contributed by atoms with Crippen molar-refractivity contribution in [3.63, 3.8) is 0 Å². The van der Waals surface area contributed by atoms with Gasteiger partial charge in [-0.25, -0.2) is 4.79 Å². The van der Waals surface area contributed by atoms with Crippen molar-refractivity contribution in [2.75, 3.05) is 26.9 Å². The first kappa shape index (κ1) is 23.9. The van der Waals surface area contributed by atoms with Crippen molar-refractivity contribution in [3.05, 3.63) is 74.1 Å². The molecule has 3 aromatic rings. The minimum absolute atomic E-state index is 0.139. The minimum Gasteiger partial charge on any atom is -0.476 e. The van der Waals surface area contributed by atoms with E-state index >= 15 is 0 Å². The second kappa shape index (κ2) is 10.0. The summed E-state index contributed by atoms with van der Waals surface area (Å²) in [6, 6.07) is 12.7. The molecule has 0 bridgehead atoms. The molecule has 2 aromatic carbocycles. The zero-order chi connectivity index (χ0) is 24.5. The van der Waals surface area contributed by atoms with Crippen LogP contribution in [0.3, 0.4) is 0 Å². The van der Waals surface area contributed by atoms with Crippen molar-refractivity contribution in [1.82, 2.24) is 9.80 Å². The summed E-state index contributed by atoms with van der Waals surface area (Å²) in [5, 5.41) is 1.20. The molecular weight excluding hydrogens is 468 g/mol. The van der Waals surface area contributed by atoms with Gasteiger partial charge in [0.05, 0.1) is 29.7 Å². The topological polar surface area (TPSA) is 72.2 Å². The van der Waals surface area contributed by atoms with Crippen molar-refractivity contribution in [3.8, 4) is 5.75 Å². The molecule has 184 valence electrons. The second-order valence-corrected chi connectivity index (χ2v) is 9.71. The van der Waals surface area contributed by atoms with Crippen LogP contribution in [0.5, 0.6) is 5.75 Å². The van der Waals surface area contributed by atoms with E-state index in [0.717, 1.165) is 43.4 Å². The number of hydrogen-bond acceptors (Lipinski definition) is 7. The molecule has 8 heteroatoms. The summed E-state index contributed by atoms with van der Waals surface area (Å²) in [7, 11) is 1.30. The molecule has 2 aliphatic rings. The molecule has 0 atom stereocenters. The van der Waals surface area contributed by atoms with E-state index in [4.69, 9.17) is 25.5 Å². The number of likely N-dealkylation sites (tertiary alicyclic amines) is 1. The van der Waals surface area contributed by atoms with Crippen LogP contribution in [0.25, 0.3) is 11.0 Å². The van der Waals surface area contributed by atoms with Gasteiger partial charge in [0.1, 0.15) is 18.1 Å². The number of carbonyl (C=O) groups excluding carboxylic acids is 1.